The summed E-state index contributed by atoms with van der Waals surface area (Å²) in [7, 11) is 0. The van der Waals surface area contributed by atoms with Crippen LogP contribution in [0.2, 0.25) is 0 Å². The summed E-state index contributed by atoms with van der Waals surface area (Å²) in [6.45, 7) is 4.71. The maximum absolute atomic E-state index is 13.3. The SMILES string of the molecule is CC(C)Cn1c(=O)c(C(=O)NC2CC2)c(O)n2ncc(/C=C/C(=O)N3CCc4cncnc43)c12. The number of aromatic nitrogens is 5. The van der Waals surface area contributed by atoms with E-state index in [1.807, 2.05) is 13.8 Å². The van der Waals surface area contributed by atoms with E-state index in [1.54, 1.807) is 17.2 Å². The molecule has 11 nitrogen and oxygen atoms in total. The van der Waals surface area contributed by atoms with Crippen molar-refractivity contribution in [1.82, 2.24) is 29.5 Å². The van der Waals surface area contributed by atoms with Crippen LogP contribution < -0.4 is 15.8 Å². The number of anilines is 1. The first kappa shape index (κ1) is 21.8. The van der Waals surface area contributed by atoms with Crippen molar-refractivity contribution in [2.24, 2.45) is 5.92 Å². The summed E-state index contributed by atoms with van der Waals surface area (Å²) in [5.74, 6) is -0.722. The number of hydrogen-bond donors (Lipinski definition) is 2. The van der Waals surface area contributed by atoms with Crippen LogP contribution in [0.4, 0.5) is 5.82 Å². The lowest BCUT2D eigenvalue weighted by Crippen LogP contribution is -2.36. The van der Waals surface area contributed by atoms with Crippen molar-refractivity contribution < 1.29 is 14.7 Å². The third kappa shape index (κ3) is 3.82. The second-order valence-electron chi connectivity index (χ2n) is 9.04. The summed E-state index contributed by atoms with van der Waals surface area (Å²) in [5, 5.41) is 17.7. The van der Waals surface area contributed by atoms with Crippen LogP contribution in [0.15, 0.2) is 29.6 Å². The van der Waals surface area contributed by atoms with Crippen LogP contribution in [0.1, 0.15) is 48.2 Å². The Morgan fingerprint density at radius 3 is 2.82 bits per heavy atom. The van der Waals surface area contributed by atoms with Crippen molar-refractivity contribution >= 4 is 29.4 Å². The average Bonchev–Trinajstić information content (AvgIpc) is 3.34. The van der Waals surface area contributed by atoms with Crippen molar-refractivity contribution in [1.29, 1.82) is 0 Å². The van der Waals surface area contributed by atoms with E-state index < -0.39 is 17.3 Å². The molecule has 0 spiro atoms. The van der Waals surface area contributed by atoms with Gasteiger partial charge in [0.2, 0.25) is 5.88 Å². The maximum atomic E-state index is 13.3. The molecule has 0 bridgehead atoms. The normalized spacial score (nSPS) is 15.4. The van der Waals surface area contributed by atoms with Gasteiger partial charge < -0.3 is 10.4 Å². The number of rotatable bonds is 6. The van der Waals surface area contributed by atoms with Gasteiger partial charge in [0.25, 0.3) is 17.4 Å². The Kier molecular flexibility index (Phi) is 5.39. The summed E-state index contributed by atoms with van der Waals surface area (Å²) in [5.41, 5.74) is 0.768. The summed E-state index contributed by atoms with van der Waals surface area (Å²) in [6, 6.07) is 0.0312. The van der Waals surface area contributed by atoms with Crippen LogP contribution in [0.5, 0.6) is 5.88 Å². The molecule has 1 aliphatic heterocycles. The fourth-order valence-electron chi connectivity index (χ4n) is 4.12. The molecule has 0 radical (unpaired) electrons. The lowest BCUT2D eigenvalue weighted by molar-refractivity contribution is -0.114. The molecule has 34 heavy (non-hydrogen) atoms. The van der Waals surface area contributed by atoms with Gasteiger partial charge in [-0.2, -0.15) is 9.61 Å². The Morgan fingerprint density at radius 2 is 2.09 bits per heavy atom. The molecule has 3 aromatic rings. The van der Waals surface area contributed by atoms with Crippen LogP contribution in [0.25, 0.3) is 11.7 Å². The number of hydrogen-bond acceptors (Lipinski definition) is 7. The van der Waals surface area contributed by atoms with Gasteiger partial charge in [0.05, 0.1) is 6.20 Å². The highest BCUT2D eigenvalue weighted by Gasteiger charge is 2.30. The molecule has 5 rings (SSSR count). The van der Waals surface area contributed by atoms with Gasteiger partial charge in [0.1, 0.15) is 17.8 Å². The van der Waals surface area contributed by atoms with Crippen molar-refractivity contribution in [2.75, 3.05) is 11.4 Å². The Morgan fingerprint density at radius 1 is 1.29 bits per heavy atom. The second-order valence-corrected chi connectivity index (χ2v) is 9.04. The zero-order chi connectivity index (χ0) is 24.0. The predicted molar refractivity (Wildman–Crippen MR) is 124 cm³/mol. The van der Waals surface area contributed by atoms with Crippen LogP contribution in [0, 0.1) is 5.92 Å². The summed E-state index contributed by atoms with van der Waals surface area (Å²) < 4.78 is 2.61. The molecule has 0 aromatic carbocycles. The topological polar surface area (TPSA) is 135 Å². The molecule has 1 fully saturated rings. The number of carbonyl (C=O) groups is 2. The van der Waals surface area contributed by atoms with E-state index in [-0.39, 0.29) is 23.4 Å². The lowest BCUT2D eigenvalue weighted by Gasteiger charge is -2.15. The molecule has 4 heterocycles. The van der Waals surface area contributed by atoms with E-state index in [0.29, 0.717) is 36.5 Å². The zero-order valence-corrected chi connectivity index (χ0v) is 18.9. The van der Waals surface area contributed by atoms with Crippen molar-refractivity contribution in [3.63, 3.8) is 0 Å². The van der Waals surface area contributed by atoms with E-state index in [4.69, 9.17) is 0 Å². The highest BCUT2D eigenvalue weighted by molar-refractivity contribution is 6.04. The first-order valence-electron chi connectivity index (χ1n) is 11.3. The number of aromatic hydroxyl groups is 1. The third-order valence-corrected chi connectivity index (χ3v) is 5.89. The number of nitrogens with one attached hydrogen (secondary N) is 1. The molecular formula is C23H25N7O4. The van der Waals surface area contributed by atoms with E-state index in [2.05, 4.69) is 20.4 Å². The molecule has 2 amide bonds. The molecule has 2 aliphatic rings. The summed E-state index contributed by atoms with van der Waals surface area (Å²) in [4.78, 5) is 48.6. The number of fused-ring (bicyclic) bond motifs is 2. The molecule has 1 aliphatic carbocycles. The Hall–Kier alpha value is -4.02. The fraction of sp³-hybridized carbons (Fsp3) is 0.391. The highest BCUT2D eigenvalue weighted by atomic mass is 16.3. The van der Waals surface area contributed by atoms with Gasteiger partial charge in [-0.1, -0.05) is 13.8 Å². The number of amides is 2. The Balaban J connectivity index is 1.54. The van der Waals surface area contributed by atoms with Gasteiger partial charge in [-0.05, 0) is 31.3 Å². The van der Waals surface area contributed by atoms with Gasteiger partial charge in [0, 0.05) is 42.5 Å². The largest absolute Gasteiger partial charge is 0.492 e. The van der Waals surface area contributed by atoms with Gasteiger partial charge in [-0.3, -0.25) is 23.9 Å². The Bertz CT molecular complexity index is 1380. The molecular weight excluding hydrogens is 438 g/mol. The van der Waals surface area contributed by atoms with Crippen LogP contribution in [0.3, 0.4) is 0 Å². The van der Waals surface area contributed by atoms with E-state index in [9.17, 15) is 19.5 Å². The van der Waals surface area contributed by atoms with Gasteiger partial charge in [0.15, 0.2) is 5.56 Å². The summed E-state index contributed by atoms with van der Waals surface area (Å²) in [6.07, 6.45) is 9.91. The van der Waals surface area contributed by atoms with E-state index in [1.165, 1.54) is 27.7 Å². The minimum Gasteiger partial charge on any atom is -0.492 e. The van der Waals surface area contributed by atoms with Gasteiger partial charge >= 0.3 is 0 Å². The fourth-order valence-corrected chi connectivity index (χ4v) is 4.12. The van der Waals surface area contributed by atoms with Crippen molar-refractivity contribution in [2.45, 2.75) is 45.7 Å². The second kappa shape index (κ2) is 8.40. The smallest absolute Gasteiger partial charge is 0.270 e. The van der Waals surface area contributed by atoms with Crippen LogP contribution in [-0.2, 0) is 17.8 Å². The van der Waals surface area contributed by atoms with Crippen LogP contribution in [-0.4, -0.2) is 53.7 Å². The van der Waals surface area contributed by atoms with Crippen LogP contribution >= 0.6 is 0 Å². The quantitative estimate of drug-likeness (QED) is 0.524. The zero-order valence-electron chi connectivity index (χ0n) is 18.9. The minimum atomic E-state index is -0.609. The van der Waals surface area contributed by atoms with Gasteiger partial charge in [-0.15, -0.1) is 0 Å². The number of nitrogens with zero attached hydrogens (tertiary/aromatic N) is 6. The molecule has 0 atom stereocenters. The molecule has 11 heteroatoms. The number of carbonyl (C=O) groups excluding carboxylic acids is 2. The molecule has 0 saturated heterocycles. The molecule has 1 saturated carbocycles. The molecule has 0 unspecified atom stereocenters. The molecule has 3 aromatic heterocycles. The first-order valence-corrected chi connectivity index (χ1v) is 11.3. The maximum Gasteiger partial charge on any atom is 0.270 e. The lowest BCUT2D eigenvalue weighted by atomic mass is 10.2. The minimum absolute atomic E-state index is 0.0312. The van der Waals surface area contributed by atoms with E-state index >= 15 is 0 Å². The third-order valence-electron chi connectivity index (χ3n) is 5.89. The Labute approximate surface area is 194 Å². The predicted octanol–water partition coefficient (Wildman–Crippen LogP) is 1.14. The standard InChI is InChI=1S/C23H25N7O4/c1-13(2)11-29-21-15(3-6-17(31)28-8-7-14-9-24-12-25-19(14)28)10-26-30(21)23(34)18(22(29)33)20(32)27-16-4-5-16/h3,6,9-10,12-13,16,34H,4-5,7-8,11H2,1-2H3,(H,27,32)/b6-3+. The molecule has 2 N–H and O–H groups in total. The van der Waals surface area contributed by atoms with Crippen molar-refractivity contribution in [3.05, 3.63) is 51.8 Å². The van der Waals surface area contributed by atoms with E-state index in [0.717, 1.165) is 18.4 Å². The first-order chi connectivity index (χ1) is 16.3. The highest BCUT2D eigenvalue weighted by Crippen LogP contribution is 2.26. The monoisotopic (exact) mass is 463 g/mol. The van der Waals surface area contributed by atoms with Crippen molar-refractivity contribution in [3.8, 4) is 5.88 Å². The molecule has 176 valence electrons. The average molecular weight is 463 g/mol. The summed E-state index contributed by atoms with van der Waals surface area (Å²) >= 11 is 0. The van der Waals surface area contributed by atoms with Gasteiger partial charge in [-0.25, -0.2) is 9.97 Å².